The Morgan fingerprint density at radius 3 is 3.14 bits per heavy atom. The van der Waals surface area contributed by atoms with Crippen LogP contribution in [0.1, 0.15) is 42.8 Å². The molecule has 1 aliphatic rings. The Balaban J connectivity index is 1.96. The monoisotopic (exact) mass is 368 g/mol. The zero-order valence-corrected chi connectivity index (χ0v) is 14.4. The summed E-state index contributed by atoms with van der Waals surface area (Å²) in [7, 11) is 0. The van der Waals surface area contributed by atoms with Gasteiger partial charge in [-0.15, -0.1) is 11.3 Å². The molecule has 3 rings (SSSR count). The number of aromatic nitrogens is 1. The molecule has 2 nitrogen and oxygen atoms in total. The largest absolute Gasteiger partial charge is 0.309 e. The van der Waals surface area contributed by atoms with E-state index in [4.69, 9.17) is 4.98 Å². The topological polar surface area (TPSA) is 24.9 Å². The zero-order chi connectivity index (χ0) is 14.8. The lowest BCUT2D eigenvalue weighted by atomic mass is 9.98. The quantitative estimate of drug-likeness (QED) is 0.812. The van der Waals surface area contributed by atoms with Crippen molar-refractivity contribution in [2.45, 2.75) is 38.6 Å². The highest BCUT2D eigenvalue weighted by Gasteiger charge is 2.25. The number of nitrogens with one attached hydrogen (secondary N) is 1. The molecule has 5 heteroatoms. The van der Waals surface area contributed by atoms with Crippen LogP contribution >= 0.6 is 27.3 Å². The number of fused-ring (bicyclic) bond motifs is 1. The van der Waals surface area contributed by atoms with Gasteiger partial charge in [-0.3, -0.25) is 0 Å². The summed E-state index contributed by atoms with van der Waals surface area (Å²) >= 11 is 5.20. The van der Waals surface area contributed by atoms with Crippen molar-refractivity contribution in [2.75, 3.05) is 6.54 Å². The summed E-state index contributed by atoms with van der Waals surface area (Å²) in [4.78, 5) is 6.10. The molecule has 1 unspecified atom stereocenters. The van der Waals surface area contributed by atoms with E-state index in [-0.39, 0.29) is 5.82 Å². The number of thiazole rings is 1. The van der Waals surface area contributed by atoms with Gasteiger partial charge in [0.05, 0.1) is 5.69 Å². The van der Waals surface area contributed by atoms with Gasteiger partial charge in [0.2, 0.25) is 0 Å². The lowest BCUT2D eigenvalue weighted by Gasteiger charge is -2.22. The molecule has 0 bridgehead atoms. The summed E-state index contributed by atoms with van der Waals surface area (Å²) in [6.45, 7) is 3.21. The number of hydrogen-bond donors (Lipinski definition) is 1. The van der Waals surface area contributed by atoms with Crippen LogP contribution in [0.5, 0.6) is 0 Å². The first-order valence-electron chi connectivity index (χ1n) is 7.37. The molecule has 0 aliphatic heterocycles. The normalized spacial score (nSPS) is 17.8. The third-order valence-electron chi connectivity index (χ3n) is 3.75. The van der Waals surface area contributed by atoms with Gasteiger partial charge in [-0.2, -0.15) is 0 Å². The maximum absolute atomic E-state index is 13.5. The van der Waals surface area contributed by atoms with E-state index in [2.05, 4.69) is 28.2 Å². The standard InChI is InChI=1S/C16H18BrFN2S/c1-2-8-19-13-4-3-5-14-15(13)21-16(20-14)11-9-10(18)6-7-12(11)17/h6-7,9,13,19H,2-5,8H2,1H3. The van der Waals surface area contributed by atoms with Gasteiger partial charge >= 0.3 is 0 Å². The molecular formula is C16H18BrFN2S. The van der Waals surface area contributed by atoms with E-state index in [9.17, 15) is 4.39 Å². The first-order chi connectivity index (χ1) is 10.2. The Bertz CT molecular complexity index is 641. The summed E-state index contributed by atoms with van der Waals surface area (Å²) in [6, 6.07) is 5.18. The molecule has 1 aromatic heterocycles. The fraction of sp³-hybridized carbons (Fsp3) is 0.438. The first kappa shape index (κ1) is 15.1. The van der Waals surface area contributed by atoms with Crippen molar-refractivity contribution in [1.82, 2.24) is 10.3 Å². The Hall–Kier alpha value is -0.780. The average Bonchev–Trinajstić information content (AvgIpc) is 2.92. The third kappa shape index (κ3) is 3.20. The molecule has 1 aliphatic carbocycles. The predicted octanol–water partition coefficient (Wildman–Crippen LogP) is 5.09. The Morgan fingerprint density at radius 2 is 2.33 bits per heavy atom. The minimum atomic E-state index is -0.220. The highest BCUT2D eigenvalue weighted by atomic mass is 79.9. The zero-order valence-electron chi connectivity index (χ0n) is 12.0. The number of hydrogen-bond acceptors (Lipinski definition) is 3. The van der Waals surface area contributed by atoms with Gasteiger partial charge in [0.15, 0.2) is 0 Å². The number of nitrogens with zero attached hydrogens (tertiary/aromatic N) is 1. The summed E-state index contributed by atoms with van der Waals surface area (Å²) in [5.74, 6) is -0.220. The summed E-state index contributed by atoms with van der Waals surface area (Å²) in [5.41, 5.74) is 2.04. The Morgan fingerprint density at radius 1 is 1.48 bits per heavy atom. The van der Waals surface area contributed by atoms with Gasteiger partial charge in [0.1, 0.15) is 10.8 Å². The molecule has 0 saturated heterocycles. The van der Waals surface area contributed by atoms with Crippen LogP contribution < -0.4 is 5.32 Å². The van der Waals surface area contributed by atoms with Crippen molar-refractivity contribution in [3.05, 3.63) is 39.1 Å². The van der Waals surface area contributed by atoms with E-state index in [1.165, 1.54) is 29.5 Å². The van der Waals surface area contributed by atoms with E-state index in [1.807, 2.05) is 0 Å². The number of rotatable bonds is 4. The highest BCUT2D eigenvalue weighted by Crippen LogP contribution is 2.40. The van der Waals surface area contributed by atoms with Gasteiger partial charge in [-0.25, -0.2) is 9.37 Å². The van der Waals surface area contributed by atoms with Gasteiger partial charge < -0.3 is 5.32 Å². The van der Waals surface area contributed by atoms with Gasteiger partial charge in [0, 0.05) is 21.0 Å². The Kier molecular flexibility index (Phi) is 4.72. The van der Waals surface area contributed by atoms with Gasteiger partial charge in [0.25, 0.3) is 0 Å². The van der Waals surface area contributed by atoms with Crippen molar-refractivity contribution in [2.24, 2.45) is 0 Å². The molecule has 0 saturated carbocycles. The highest BCUT2D eigenvalue weighted by molar-refractivity contribution is 9.10. The van der Waals surface area contributed by atoms with E-state index < -0.39 is 0 Å². The fourth-order valence-corrected chi connectivity index (χ4v) is 4.53. The molecule has 0 spiro atoms. The summed E-state index contributed by atoms with van der Waals surface area (Å²) < 4.78 is 14.4. The fourth-order valence-electron chi connectivity index (χ4n) is 2.71. The van der Waals surface area contributed by atoms with Gasteiger partial charge in [-0.05, 0) is 50.4 Å². The van der Waals surface area contributed by atoms with Crippen LogP contribution in [-0.4, -0.2) is 11.5 Å². The van der Waals surface area contributed by atoms with Crippen molar-refractivity contribution >= 4 is 27.3 Å². The number of halogens is 2. The lowest BCUT2D eigenvalue weighted by Crippen LogP contribution is -2.24. The molecule has 2 aromatic rings. The van der Waals surface area contributed by atoms with Crippen LogP contribution in [0.4, 0.5) is 4.39 Å². The van der Waals surface area contributed by atoms with Crippen molar-refractivity contribution in [3.8, 4) is 10.6 Å². The van der Waals surface area contributed by atoms with Crippen molar-refractivity contribution < 1.29 is 4.39 Å². The van der Waals surface area contributed by atoms with Gasteiger partial charge in [-0.1, -0.05) is 22.9 Å². The molecular weight excluding hydrogens is 351 g/mol. The molecule has 1 N–H and O–H groups in total. The maximum Gasteiger partial charge on any atom is 0.125 e. The molecule has 21 heavy (non-hydrogen) atoms. The van der Waals surface area contributed by atoms with Crippen LogP contribution in [0.3, 0.4) is 0 Å². The maximum atomic E-state index is 13.5. The van der Waals surface area contributed by atoms with Crippen molar-refractivity contribution in [1.29, 1.82) is 0 Å². The van der Waals surface area contributed by atoms with E-state index in [0.717, 1.165) is 34.4 Å². The van der Waals surface area contributed by atoms with E-state index >= 15 is 0 Å². The molecule has 1 aromatic carbocycles. The minimum absolute atomic E-state index is 0.220. The third-order valence-corrected chi connectivity index (χ3v) is 5.69. The minimum Gasteiger partial charge on any atom is -0.309 e. The second-order valence-corrected chi connectivity index (χ2v) is 7.24. The first-order valence-corrected chi connectivity index (χ1v) is 8.98. The smallest absolute Gasteiger partial charge is 0.125 e. The molecule has 0 fully saturated rings. The van der Waals surface area contributed by atoms with Crippen LogP contribution in [0.2, 0.25) is 0 Å². The van der Waals surface area contributed by atoms with Crippen molar-refractivity contribution in [3.63, 3.8) is 0 Å². The lowest BCUT2D eigenvalue weighted by molar-refractivity contribution is 0.465. The molecule has 1 atom stereocenters. The average molecular weight is 369 g/mol. The molecule has 0 amide bonds. The van der Waals surface area contributed by atoms with Crippen LogP contribution in [0.25, 0.3) is 10.6 Å². The molecule has 112 valence electrons. The SMILES string of the molecule is CCCNC1CCCc2nc(-c3cc(F)ccc3Br)sc21. The summed E-state index contributed by atoms with van der Waals surface area (Å²) in [6.07, 6.45) is 4.50. The van der Waals surface area contributed by atoms with E-state index in [0.29, 0.717) is 6.04 Å². The van der Waals surface area contributed by atoms with Crippen LogP contribution in [0, 0.1) is 5.82 Å². The van der Waals surface area contributed by atoms with Crippen LogP contribution in [-0.2, 0) is 6.42 Å². The van der Waals surface area contributed by atoms with E-state index in [1.54, 1.807) is 23.5 Å². The molecule has 1 heterocycles. The number of benzene rings is 1. The predicted molar refractivity (Wildman–Crippen MR) is 89.2 cm³/mol. The Labute approximate surface area is 136 Å². The van der Waals surface area contributed by atoms with Crippen LogP contribution in [0.15, 0.2) is 22.7 Å². The number of aryl methyl sites for hydroxylation is 1. The second kappa shape index (κ2) is 6.55. The molecule has 0 radical (unpaired) electrons. The second-order valence-electron chi connectivity index (χ2n) is 5.35. The summed E-state index contributed by atoms with van der Waals surface area (Å²) in [5, 5.41) is 4.52.